The van der Waals surface area contributed by atoms with Crippen molar-refractivity contribution in [3.63, 3.8) is 0 Å². The highest BCUT2D eigenvalue weighted by atomic mass is 35.5. The lowest BCUT2D eigenvalue weighted by Crippen LogP contribution is -2.35. The van der Waals surface area contributed by atoms with Crippen LogP contribution in [0.15, 0.2) is 77.8 Å². The Morgan fingerprint density at radius 1 is 1.00 bits per heavy atom. The van der Waals surface area contributed by atoms with Crippen molar-refractivity contribution in [1.82, 2.24) is 10.6 Å². The number of benzene rings is 3. The Morgan fingerprint density at radius 3 is 2.50 bits per heavy atom. The van der Waals surface area contributed by atoms with Gasteiger partial charge in [-0.1, -0.05) is 60.1 Å². The first-order valence-corrected chi connectivity index (χ1v) is 9.41. The van der Waals surface area contributed by atoms with Gasteiger partial charge in [-0.05, 0) is 35.4 Å². The highest BCUT2D eigenvalue weighted by Crippen LogP contribution is 2.40. The Bertz CT molecular complexity index is 1020. The van der Waals surface area contributed by atoms with E-state index in [1.54, 1.807) is 6.07 Å². The van der Waals surface area contributed by atoms with E-state index in [2.05, 4.69) is 10.6 Å². The first-order chi connectivity index (χ1) is 13.6. The molecule has 0 spiro atoms. The van der Waals surface area contributed by atoms with E-state index in [9.17, 15) is 4.39 Å². The summed E-state index contributed by atoms with van der Waals surface area (Å²) in [5.41, 5.74) is 9.61. The largest absolute Gasteiger partial charge is 0.398 e. The van der Waals surface area contributed by atoms with Gasteiger partial charge in [-0.15, -0.1) is 0 Å². The molecule has 0 aliphatic carbocycles. The zero-order chi connectivity index (χ0) is 19.5. The van der Waals surface area contributed by atoms with E-state index in [0.717, 1.165) is 16.7 Å². The third-order valence-electron chi connectivity index (χ3n) is 4.78. The molecule has 6 heteroatoms. The molecule has 0 saturated carbocycles. The Morgan fingerprint density at radius 2 is 1.75 bits per heavy atom. The van der Waals surface area contributed by atoms with Crippen molar-refractivity contribution in [2.24, 2.45) is 4.99 Å². The molecule has 0 radical (unpaired) electrons. The number of aliphatic imine (C=N–C) groups is 1. The standard InChI is InChI=1S/C22H20ClFN4/c23-18-10-3-1-8-16(18)20-21(17-9-2-4-11-19(17)25)28-22(27-20)26-13-14-6-5-7-15(24)12-14/h1-12,20-21H,13,25H2,(H2,26,27,28)/t20-,21+/m1/s1. The second-order valence-electron chi connectivity index (χ2n) is 6.68. The fourth-order valence-corrected chi connectivity index (χ4v) is 3.66. The smallest absolute Gasteiger partial charge is 0.192 e. The van der Waals surface area contributed by atoms with E-state index >= 15 is 0 Å². The van der Waals surface area contributed by atoms with Crippen LogP contribution in [0.2, 0.25) is 5.02 Å². The predicted octanol–water partition coefficient (Wildman–Crippen LogP) is 4.59. The fraction of sp³-hybridized carbons (Fsp3) is 0.136. The Kier molecular flexibility index (Phi) is 5.17. The second kappa shape index (κ2) is 7.90. The van der Waals surface area contributed by atoms with Crippen LogP contribution in [-0.4, -0.2) is 5.96 Å². The van der Waals surface area contributed by atoms with Crippen LogP contribution in [0.5, 0.6) is 0 Å². The van der Waals surface area contributed by atoms with Crippen LogP contribution in [0.1, 0.15) is 28.8 Å². The SMILES string of the molecule is Nc1ccccc1[C@@H]1N=C(NCc2cccc(F)c2)N[C@@H]1c1ccccc1Cl. The van der Waals surface area contributed by atoms with Crippen LogP contribution >= 0.6 is 11.6 Å². The van der Waals surface area contributed by atoms with Gasteiger partial charge in [-0.25, -0.2) is 9.38 Å². The highest BCUT2D eigenvalue weighted by Gasteiger charge is 2.33. The summed E-state index contributed by atoms with van der Waals surface area (Å²) in [5.74, 6) is 0.368. The minimum atomic E-state index is -0.260. The summed E-state index contributed by atoms with van der Waals surface area (Å²) < 4.78 is 13.4. The molecule has 28 heavy (non-hydrogen) atoms. The monoisotopic (exact) mass is 394 g/mol. The molecule has 4 N–H and O–H groups in total. The molecule has 0 saturated heterocycles. The molecule has 3 aromatic rings. The Labute approximate surface area is 168 Å². The molecular formula is C22H20ClFN4. The van der Waals surface area contributed by atoms with Crippen molar-refractivity contribution in [2.75, 3.05) is 5.73 Å². The number of anilines is 1. The molecule has 4 rings (SSSR count). The van der Waals surface area contributed by atoms with Crippen LogP contribution in [0.3, 0.4) is 0 Å². The average Bonchev–Trinajstić information content (AvgIpc) is 3.11. The van der Waals surface area contributed by atoms with Crippen molar-refractivity contribution in [3.05, 3.63) is 100 Å². The van der Waals surface area contributed by atoms with Gasteiger partial charge in [0.1, 0.15) is 11.9 Å². The van der Waals surface area contributed by atoms with Gasteiger partial charge >= 0.3 is 0 Å². The Hall–Kier alpha value is -3.05. The molecule has 1 heterocycles. The van der Waals surface area contributed by atoms with Crippen LogP contribution in [0.25, 0.3) is 0 Å². The van der Waals surface area contributed by atoms with Crippen molar-refractivity contribution < 1.29 is 4.39 Å². The minimum absolute atomic E-state index is 0.159. The maximum absolute atomic E-state index is 13.4. The zero-order valence-electron chi connectivity index (χ0n) is 15.1. The third-order valence-corrected chi connectivity index (χ3v) is 5.12. The molecule has 0 aromatic heterocycles. The maximum Gasteiger partial charge on any atom is 0.192 e. The number of hydrogen-bond acceptors (Lipinski definition) is 4. The lowest BCUT2D eigenvalue weighted by atomic mass is 9.94. The van der Waals surface area contributed by atoms with Crippen LogP contribution in [-0.2, 0) is 6.54 Å². The zero-order valence-corrected chi connectivity index (χ0v) is 15.8. The number of guanidine groups is 1. The second-order valence-corrected chi connectivity index (χ2v) is 7.09. The summed E-state index contributed by atoms with van der Waals surface area (Å²) in [5, 5.41) is 7.33. The van der Waals surface area contributed by atoms with Crippen molar-refractivity contribution >= 4 is 23.2 Å². The first-order valence-electron chi connectivity index (χ1n) is 9.03. The normalized spacial score (nSPS) is 18.4. The number of nitrogens with zero attached hydrogens (tertiary/aromatic N) is 1. The van der Waals surface area contributed by atoms with E-state index < -0.39 is 0 Å². The van der Waals surface area contributed by atoms with Gasteiger partial charge in [-0.3, -0.25) is 0 Å². The van der Waals surface area contributed by atoms with Gasteiger partial charge in [0.15, 0.2) is 5.96 Å². The lowest BCUT2D eigenvalue weighted by molar-refractivity contribution is 0.571. The molecule has 0 bridgehead atoms. The molecular weight excluding hydrogens is 375 g/mol. The first kappa shape index (κ1) is 18.3. The van der Waals surface area contributed by atoms with E-state index in [0.29, 0.717) is 23.2 Å². The molecule has 0 amide bonds. The van der Waals surface area contributed by atoms with Crippen LogP contribution in [0, 0.1) is 5.82 Å². The quantitative estimate of drug-likeness (QED) is 0.567. The summed E-state index contributed by atoms with van der Waals surface area (Å²) in [6.07, 6.45) is 0. The molecule has 142 valence electrons. The number of nitrogen functional groups attached to an aromatic ring is 1. The van der Waals surface area contributed by atoms with Crippen molar-refractivity contribution in [2.45, 2.75) is 18.6 Å². The van der Waals surface area contributed by atoms with E-state index in [1.807, 2.05) is 54.6 Å². The van der Waals surface area contributed by atoms with E-state index in [4.69, 9.17) is 22.3 Å². The summed E-state index contributed by atoms with van der Waals surface area (Å²) in [7, 11) is 0. The maximum atomic E-state index is 13.4. The van der Waals surface area contributed by atoms with E-state index in [1.165, 1.54) is 12.1 Å². The summed E-state index contributed by atoms with van der Waals surface area (Å²) in [6, 6.07) is 21.5. The van der Waals surface area contributed by atoms with Gasteiger partial charge in [0.25, 0.3) is 0 Å². The molecule has 0 unspecified atom stereocenters. The summed E-state index contributed by atoms with van der Waals surface area (Å²) in [6.45, 7) is 0.454. The van der Waals surface area contributed by atoms with Crippen molar-refractivity contribution in [3.8, 4) is 0 Å². The predicted molar refractivity (Wildman–Crippen MR) is 112 cm³/mol. The van der Waals surface area contributed by atoms with Gasteiger partial charge in [0.05, 0.1) is 6.04 Å². The highest BCUT2D eigenvalue weighted by molar-refractivity contribution is 6.31. The molecule has 3 aromatic carbocycles. The number of nitrogens with two attached hydrogens (primary N) is 1. The lowest BCUT2D eigenvalue weighted by Gasteiger charge is -2.21. The molecule has 1 aliphatic rings. The van der Waals surface area contributed by atoms with Crippen LogP contribution in [0.4, 0.5) is 10.1 Å². The van der Waals surface area contributed by atoms with Crippen LogP contribution < -0.4 is 16.4 Å². The van der Waals surface area contributed by atoms with Crippen molar-refractivity contribution in [1.29, 1.82) is 0 Å². The number of halogens is 2. The molecule has 2 atom stereocenters. The average molecular weight is 395 g/mol. The topological polar surface area (TPSA) is 62.4 Å². The minimum Gasteiger partial charge on any atom is -0.398 e. The number of nitrogens with one attached hydrogen (secondary N) is 2. The van der Waals surface area contributed by atoms with Gasteiger partial charge < -0.3 is 16.4 Å². The third kappa shape index (κ3) is 3.80. The molecule has 0 fully saturated rings. The van der Waals surface area contributed by atoms with Gasteiger partial charge in [0.2, 0.25) is 0 Å². The summed E-state index contributed by atoms with van der Waals surface area (Å²) in [4.78, 5) is 4.82. The van der Waals surface area contributed by atoms with E-state index in [-0.39, 0.29) is 17.9 Å². The Balaban J connectivity index is 1.62. The molecule has 1 aliphatic heterocycles. The van der Waals surface area contributed by atoms with Gasteiger partial charge in [0, 0.05) is 22.8 Å². The summed E-state index contributed by atoms with van der Waals surface area (Å²) >= 11 is 6.45. The number of rotatable bonds is 4. The number of hydrogen-bond donors (Lipinski definition) is 3. The fourth-order valence-electron chi connectivity index (χ4n) is 3.41. The van der Waals surface area contributed by atoms with Gasteiger partial charge in [-0.2, -0.15) is 0 Å². The molecule has 4 nitrogen and oxygen atoms in total. The number of para-hydroxylation sites is 1.